The van der Waals surface area contributed by atoms with Gasteiger partial charge >= 0.3 is 0 Å². The smallest absolute Gasteiger partial charge is 0.130 e. The van der Waals surface area contributed by atoms with E-state index in [4.69, 9.17) is 9.15 Å². The third-order valence-corrected chi connectivity index (χ3v) is 2.58. The Balaban J connectivity index is 2.28. The molecule has 0 bridgehead atoms. The molecule has 0 aliphatic rings. The van der Waals surface area contributed by atoms with Gasteiger partial charge in [-0.1, -0.05) is 19.8 Å². The summed E-state index contributed by atoms with van der Waals surface area (Å²) in [4.78, 5) is 0. The average molecular weight is 225 g/mol. The zero-order chi connectivity index (χ0) is 11.8. The summed E-state index contributed by atoms with van der Waals surface area (Å²) in [5, 5.41) is 3.12. The second-order valence-corrected chi connectivity index (χ2v) is 4.08. The summed E-state index contributed by atoms with van der Waals surface area (Å²) in [6.07, 6.45) is 3.61. The molecule has 0 aliphatic carbocycles. The van der Waals surface area contributed by atoms with Crippen LogP contribution < -0.4 is 5.32 Å². The molecular weight excluding hydrogens is 202 g/mol. The van der Waals surface area contributed by atoms with E-state index in [0.717, 1.165) is 31.1 Å². The van der Waals surface area contributed by atoms with Gasteiger partial charge < -0.3 is 14.5 Å². The van der Waals surface area contributed by atoms with E-state index >= 15 is 0 Å². The first-order valence-electron chi connectivity index (χ1n) is 6.08. The van der Waals surface area contributed by atoms with E-state index in [9.17, 15) is 0 Å². The van der Waals surface area contributed by atoms with Crippen molar-refractivity contribution in [2.45, 2.75) is 46.3 Å². The van der Waals surface area contributed by atoms with Crippen molar-refractivity contribution < 1.29 is 9.15 Å². The topological polar surface area (TPSA) is 34.4 Å². The Bertz CT molecular complexity index is 294. The van der Waals surface area contributed by atoms with Crippen molar-refractivity contribution in [3.05, 3.63) is 23.2 Å². The zero-order valence-electron chi connectivity index (χ0n) is 10.6. The second kappa shape index (κ2) is 7.47. The zero-order valence-corrected chi connectivity index (χ0v) is 10.6. The maximum Gasteiger partial charge on any atom is 0.130 e. The van der Waals surface area contributed by atoms with Crippen molar-refractivity contribution in [2.24, 2.45) is 0 Å². The highest BCUT2D eigenvalue weighted by Crippen LogP contribution is 2.15. The van der Waals surface area contributed by atoms with E-state index in [1.54, 1.807) is 0 Å². The van der Waals surface area contributed by atoms with Crippen LogP contribution in [0, 0.1) is 6.92 Å². The molecule has 0 saturated carbocycles. The summed E-state index contributed by atoms with van der Waals surface area (Å²) in [7, 11) is 1.94. The first kappa shape index (κ1) is 13.3. The lowest BCUT2D eigenvalue weighted by molar-refractivity contribution is 0.102. The number of unbranched alkanes of at least 4 members (excludes halogenated alkanes) is 2. The Morgan fingerprint density at radius 1 is 1.38 bits per heavy atom. The Morgan fingerprint density at radius 3 is 2.88 bits per heavy atom. The van der Waals surface area contributed by atoms with Crippen LogP contribution in [0.25, 0.3) is 0 Å². The largest absolute Gasteiger partial charge is 0.464 e. The molecule has 1 aromatic rings. The Hall–Kier alpha value is -0.800. The van der Waals surface area contributed by atoms with Gasteiger partial charge in [-0.25, -0.2) is 0 Å². The van der Waals surface area contributed by atoms with Gasteiger partial charge in [0.1, 0.15) is 18.1 Å². The van der Waals surface area contributed by atoms with E-state index in [1.807, 2.05) is 14.0 Å². The third-order valence-electron chi connectivity index (χ3n) is 2.58. The lowest BCUT2D eigenvalue weighted by Gasteiger charge is -2.00. The molecule has 0 atom stereocenters. The molecule has 3 nitrogen and oxygen atoms in total. The van der Waals surface area contributed by atoms with Gasteiger partial charge in [-0.15, -0.1) is 0 Å². The maximum absolute atomic E-state index is 5.61. The summed E-state index contributed by atoms with van der Waals surface area (Å²) in [5.74, 6) is 1.92. The molecule has 1 N–H and O–H groups in total. The van der Waals surface area contributed by atoms with Crippen molar-refractivity contribution in [3.8, 4) is 0 Å². The van der Waals surface area contributed by atoms with Crippen LogP contribution in [-0.4, -0.2) is 13.7 Å². The molecule has 0 unspecified atom stereocenters. The van der Waals surface area contributed by atoms with Gasteiger partial charge in [0, 0.05) is 18.7 Å². The van der Waals surface area contributed by atoms with Gasteiger partial charge in [0.05, 0.1) is 0 Å². The fourth-order valence-electron chi connectivity index (χ4n) is 1.65. The summed E-state index contributed by atoms with van der Waals surface area (Å²) < 4.78 is 11.2. The van der Waals surface area contributed by atoms with Crippen molar-refractivity contribution >= 4 is 0 Å². The highest BCUT2D eigenvalue weighted by atomic mass is 16.5. The number of rotatable bonds is 8. The summed E-state index contributed by atoms with van der Waals surface area (Å²) in [5.41, 5.74) is 1.22. The number of hydrogen-bond donors (Lipinski definition) is 1. The normalized spacial score (nSPS) is 10.9. The molecule has 0 spiro atoms. The standard InChI is InChI=1S/C13H23NO2/c1-4-5-6-7-15-10-13-8-12(9-14-3)11(2)16-13/h8,14H,4-7,9-10H2,1-3H3. The van der Waals surface area contributed by atoms with Crippen molar-refractivity contribution in [1.82, 2.24) is 5.32 Å². The molecule has 3 heteroatoms. The van der Waals surface area contributed by atoms with Crippen molar-refractivity contribution in [2.75, 3.05) is 13.7 Å². The van der Waals surface area contributed by atoms with Gasteiger partial charge in [-0.3, -0.25) is 0 Å². The maximum atomic E-state index is 5.61. The summed E-state index contributed by atoms with van der Waals surface area (Å²) in [6, 6.07) is 2.08. The number of aryl methyl sites for hydroxylation is 1. The van der Waals surface area contributed by atoms with Crippen LogP contribution in [0.15, 0.2) is 10.5 Å². The molecule has 0 fully saturated rings. The second-order valence-electron chi connectivity index (χ2n) is 4.08. The van der Waals surface area contributed by atoms with Gasteiger partial charge in [0.2, 0.25) is 0 Å². The van der Waals surface area contributed by atoms with Crippen LogP contribution in [0.5, 0.6) is 0 Å². The first-order chi connectivity index (χ1) is 7.77. The highest BCUT2D eigenvalue weighted by molar-refractivity contribution is 5.20. The third kappa shape index (κ3) is 4.37. The Kier molecular flexibility index (Phi) is 6.19. The van der Waals surface area contributed by atoms with Gasteiger partial charge in [-0.2, -0.15) is 0 Å². The number of hydrogen-bond acceptors (Lipinski definition) is 3. The van der Waals surface area contributed by atoms with Gasteiger partial charge in [0.15, 0.2) is 0 Å². The quantitative estimate of drug-likeness (QED) is 0.691. The van der Waals surface area contributed by atoms with E-state index in [0.29, 0.717) is 6.61 Å². The predicted octanol–water partition coefficient (Wildman–Crippen LogP) is 3.01. The molecule has 0 aliphatic heterocycles. The molecule has 0 amide bonds. The monoisotopic (exact) mass is 225 g/mol. The Labute approximate surface area is 98.2 Å². The fraction of sp³-hybridized carbons (Fsp3) is 0.692. The molecule has 92 valence electrons. The minimum Gasteiger partial charge on any atom is -0.464 e. The predicted molar refractivity (Wildman–Crippen MR) is 65.4 cm³/mol. The van der Waals surface area contributed by atoms with Crippen LogP contribution in [0.3, 0.4) is 0 Å². The highest BCUT2D eigenvalue weighted by Gasteiger charge is 2.06. The molecule has 1 rings (SSSR count). The molecular formula is C13H23NO2. The van der Waals surface area contributed by atoms with E-state index < -0.39 is 0 Å². The molecule has 0 saturated heterocycles. The molecule has 0 radical (unpaired) electrons. The van der Waals surface area contributed by atoms with E-state index in [1.165, 1.54) is 18.4 Å². The SMILES string of the molecule is CCCCCOCc1cc(CNC)c(C)o1. The Morgan fingerprint density at radius 2 is 2.19 bits per heavy atom. The minimum atomic E-state index is 0.592. The van der Waals surface area contributed by atoms with Crippen LogP contribution in [0.1, 0.15) is 43.3 Å². The van der Waals surface area contributed by atoms with Crippen LogP contribution in [0.2, 0.25) is 0 Å². The molecule has 1 aromatic heterocycles. The number of ether oxygens (including phenoxy) is 1. The minimum absolute atomic E-state index is 0.592. The van der Waals surface area contributed by atoms with Crippen molar-refractivity contribution in [3.63, 3.8) is 0 Å². The molecule has 16 heavy (non-hydrogen) atoms. The van der Waals surface area contributed by atoms with Crippen LogP contribution in [0.4, 0.5) is 0 Å². The summed E-state index contributed by atoms with van der Waals surface area (Å²) in [6.45, 7) is 6.46. The fourth-order valence-corrected chi connectivity index (χ4v) is 1.65. The van der Waals surface area contributed by atoms with Crippen LogP contribution >= 0.6 is 0 Å². The van der Waals surface area contributed by atoms with Gasteiger partial charge in [0.25, 0.3) is 0 Å². The molecule has 0 aromatic carbocycles. The van der Waals surface area contributed by atoms with Gasteiger partial charge in [-0.05, 0) is 26.5 Å². The number of nitrogens with one attached hydrogen (secondary N) is 1. The number of furan rings is 1. The first-order valence-corrected chi connectivity index (χ1v) is 6.08. The van der Waals surface area contributed by atoms with Crippen LogP contribution in [-0.2, 0) is 17.9 Å². The average Bonchev–Trinajstić information content (AvgIpc) is 2.60. The van der Waals surface area contributed by atoms with E-state index in [-0.39, 0.29) is 0 Å². The lowest BCUT2D eigenvalue weighted by Crippen LogP contribution is -2.04. The lowest BCUT2D eigenvalue weighted by atomic mass is 10.2. The van der Waals surface area contributed by atoms with E-state index in [2.05, 4.69) is 18.3 Å². The summed E-state index contributed by atoms with van der Waals surface area (Å²) >= 11 is 0. The van der Waals surface area contributed by atoms with Crippen molar-refractivity contribution in [1.29, 1.82) is 0 Å². The molecule has 1 heterocycles.